The first-order valence-corrected chi connectivity index (χ1v) is 27.1. The first-order valence-electron chi connectivity index (χ1n) is 27.1. The molecule has 0 aliphatic rings. The molecular formula is C55H106N2. The summed E-state index contributed by atoms with van der Waals surface area (Å²) < 4.78 is 0. The predicted octanol–water partition coefficient (Wildman–Crippen LogP) is 19.5. The molecule has 0 N–H and O–H groups in total. The van der Waals surface area contributed by atoms with E-state index >= 15 is 0 Å². The summed E-state index contributed by atoms with van der Waals surface area (Å²) in [7, 11) is 0. The number of aryl methyl sites for hydroxylation is 3. The van der Waals surface area contributed by atoms with E-state index < -0.39 is 0 Å². The number of hydrogen-bond acceptors (Lipinski definition) is 2. The fourth-order valence-corrected chi connectivity index (χ4v) is 9.15. The van der Waals surface area contributed by atoms with Gasteiger partial charge in [0.1, 0.15) is 5.82 Å². The second-order valence-electron chi connectivity index (χ2n) is 18.8. The molecule has 0 aromatic carbocycles. The Morgan fingerprint density at radius 3 is 0.649 bits per heavy atom. The van der Waals surface area contributed by atoms with Crippen LogP contribution in [-0.2, 0) is 25.7 Å². The third-order valence-electron chi connectivity index (χ3n) is 13.0. The van der Waals surface area contributed by atoms with Gasteiger partial charge in [-0.3, -0.25) is 0 Å². The van der Waals surface area contributed by atoms with Crippen molar-refractivity contribution in [3.8, 4) is 0 Å². The summed E-state index contributed by atoms with van der Waals surface area (Å²) >= 11 is 0. The standard InChI is InChI=1S/C55H106N2/c1-5-9-12-15-18-21-24-27-30-33-36-39-42-45-49-52-53(50-46-43-40-37-34-31-28-25-22-19-16-13-10-6-2)56-55(48-8-4)57-54(52)51-47-44-41-38-35-32-29-26-23-20-17-14-11-7-3/h5-51H2,1-4H3. The Bertz CT molecular complexity index is 870. The molecule has 2 heteroatoms. The molecule has 0 radical (unpaired) electrons. The third kappa shape index (κ3) is 35.5. The normalized spacial score (nSPS) is 11.6. The molecule has 0 aliphatic carbocycles. The van der Waals surface area contributed by atoms with E-state index in [0.717, 1.165) is 18.7 Å². The molecule has 0 amide bonds. The van der Waals surface area contributed by atoms with Gasteiger partial charge in [0.2, 0.25) is 0 Å². The van der Waals surface area contributed by atoms with Crippen molar-refractivity contribution in [2.75, 3.05) is 0 Å². The molecule has 0 bridgehead atoms. The molecule has 0 saturated heterocycles. The predicted molar refractivity (Wildman–Crippen MR) is 258 cm³/mol. The van der Waals surface area contributed by atoms with Crippen LogP contribution in [-0.4, -0.2) is 9.97 Å². The van der Waals surface area contributed by atoms with Crippen molar-refractivity contribution >= 4 is 0 Å². The number of aromatic nitrogens is 2. The van der Waals surface area contributed by atoms with Crippen molar-refractivity contribution in [2.24, 2.45) is 0 Å². The fraction of sp³-hybridized carbons (Fsp3) is 0.927. The van der Waals surface area contributed by atoms with E-state index in [9.17, 15) is 0 Å². The fourth-order valence-electron chi connectivity index (χ4n) is 9.15. The quantitative estimate of drug-likeness (QED) is 0.0614. The van der Waals surface area contributed by atoms with Gasteiger partial charge in [0.25, 0.3) is 0 Å². The highest BCUT2D eigenvalue weighted by Crippen LogP contribution is 2.23. The summed E-state index contributed by atoms with van der Waals surface area (Å²) in [6.45, 7) is 9.25. The minimum absolute atomic E-state index is 1.04. The van der Waals surface area contributed by atoms with Crippen molar-refractivity contribution in [2.45, 2.75) is 329 Å². The van der Waals surface area contributed by atoms with Gasteiger partial charge in [0, 0.05) is 17.8 Å². The SMILES string of the molecule is CCCCCCCCCCCCCCCCc1nc(CCC)nc(CCCCCCCCCCCCCCCC)c1CCCCCCCCCCCCCCCC. The Labute approximate surface area is 360 Å². The van der Waals surface area contributed by atoms with E-state index in [2.05, 4.69) is 27.7 Å². The van der Waals surface area contributed by atoms with Gasteiger partial charge in [-0.15, -0.1) is 0 Å². The van der Waals surface area contributed by atoms with Crippen molar-refractivity contribution in [1.82, 2.24) is 9.97 Å². The smallest absolute Gasteiger partial charge is 0.128 e. The van der Waals surface area contributed by atoms with Crippen molar-refractivity contribution in [1.29, 1.82) is 0 Å². The minimum Gasteiger partial charge on any atom is -0.238 e. The highest BCUT2D eigenvalue weighted by molar-refractivity contribution is 5.27. The maximum atomic E-state index is 5.31. The highest BCUT2D eigenvalue weighted by atomic mass is 14.9. The molecule has 1 heterocycles. The van der Waals surface area contributed by atoms with Crippen LogP contribution >= 0.6 is 0 Å². The molecule has 1 aromatic rings. The molecule has 2 nitrogen and oxygen atoms in total. The van der Waals surface area contributed by atoms with Gasteiger partial charge in [0.05, 0.1) is 0 Å². The molecule has 1 aromatic heterocycles. The molecule has 1 rings (SSSR count). The van der Waals surface area contributed by atoms with E-state index in [1.807, 2.05) is 0 Å². The molecule has 0 saturated carbocycles. The Balaban J connectivity index is 2.51. The third-order valence-corrected chi connectivity index (χ3v) is 13.0. The Hall–Kier alpha value is -0.920. The molecule has 57 heavy (non-hydrogen) atoms. The lowest BCUT2D eigenvalue weighted by molar-refractivity contribution is 0.531. The number of nitrogens with zero attached hydrogens (tertiary/aromatic N) is 2. The summed E-state index contributed by atoms with van der Waals surface area (Å²) in [4.78, 5) is 10.6. The zero-order valence-corrected chi connectivity index (χ0v) is 40.1. The van der Waals surface area contributed by atoms with E-state index in [-0.39, 0.29) is 0 Å². The maximum Gasteiger partial charge on any atom is 0.128 e. The monoisotopic (exact) mass is 795 g/mol. The van der Waals surface area contributed by atoms with Crippen LogP contribution in [0.3, 0.4) is 0 Å². The largest absolute Gasteiger partial charge is 0.238 e. The molecule has 336 valence electrons. The van der Waals surface area contributed by atoms with Crippen LogP contribution in [0, 0.1) is 0 Å². The zero-order valence-electron chi connectivity index (χ0n) is 40.1. The number of rotatable bonds is 47. The Morgan fingerprint density at radius 1 is 0.211 bits per heavy atom. The first-order chi connectivity index (χ1) is 28.3. The lowest BCUT2D eigenvalue weighted by Gasteiger charge is -2.16. The molecule has 0 atom stereocenters. The van der Waals surface area contributed by atoms with Crippen LogP contribution in [0.1, 0.15) is 327 Å². The van der Waals surface area contributed by atoms with Gasteiger partial charge in [0.15, 0.2) is 0 Å². The van der Waals surface area contributed by atoms with Crippen molar-refractivity contribution < 1.29 is 0 Å². The van der Waals surface area contributed by atoms with Crippen LogP contribution in [0.2, 0.25) is 0 Å². The summed E-state index contributed by atoms with van der Waals surface area (Å²) in [5.41, 5.74) is 4.48. The molecular weight excluding hydrogens is 689 g/mol. The van der Waals surface area contributed by atoms with Crippen LogP contribution < -0.4 is 0 Å². The van der Waals surface area contributed by atoms with E-state index in [1.165, 1.54) is 300 Å². The van der Waals surface area contributed by atoms with Crippen LogP contribution in [0.5, 0.6) is 0 Å². The zero-order chi connectivity index (χ0) is 41.0. The van der Waals surface area contributed by atoms with E-state index in [4.69, 9.17) is 9.97 Å². The topological polar surface area (TPSA) is 25.8 Å². The number of unbranched alkanes of at least 4 members (excludes halogenated alkanes) is 39. The van der Waals surface area contributed by atoms with Gasteiger partial charge in [-0.2, -0.15) is 0 Å². The van der Waals surface area contributed by atoms with Gasteiger partial charge in [-0.05, 0) is 50.5 Å². The van der Waals surface area contributed by atoms with Gasteiger partial charge >= 0.3 is 0 Å². The van der Waals surface area contributed by atoms with Crippen LogP contribution in [0.4, 0.5) is 0 Å². The average Bonchev–Trinajstić information content (AvgIpc) is 3.22. The lowest BCUT2D eigenvalue weighted by Crippen LogP contribution is -2.11. The highest BCUT2D eigenvalue weighted by Gasteiger charge is 2.14. The summed E-state index contributed by atoms with van der Waals surface area (Å²) in [5, 5.41) is 0. The summed E-state index contributed by atoms with van der Waals surface area (Å²) in [6, 6.07) is 0. The van der Waals surface area contributed by atoms with E-state index in [0.29, 0.717) is 0 Å². The van der Waals surface area contributed by atoms with Gasteiger partial charge < -0.3 is 0 Å². The first kappa shape index (κ1) is 54.1. The van der Waals surface area contributed by atoms with Crippen molar-refractivity contribution in [3.05, 3.63) is 22.8 Å². The Morgan fingerprint density at radius 2 is 0.421 bits per heavy atom. The molecule has 0 aliphatic heterocycles. The second-order valence-corrected chi connectivity index (χ2v) is 18.8. The van der Waals surface area contributed by atoms with Gasteiger partial charge in [-0.25, -0.2) is 9.97 Å². The van der Waals surface area contributed by atoms with E-state index in [1.54, 1.807) is 5.56 Å². The molecule has 0 spiro atoms. The molecule has 0 fully saturated rings. The van der Waals surface area contributed by atoms with Crippen LogP contribution in [0.15, 0.2) is 0 Å². The van der Waals surface area contributed by atoms with Crippen molar-refractivity contribution in [3.63, 3.8) is 0 Å². The van der Waals surface area contributed by atoms with Crippen LogP contribution in [0.25, 0.3) is 0 Å². The minimum atomic E-state index is 1.04. The summed E-state index contributed by atoms with van der Waals surface area (Å²) in [5.74, 6) is 1.14. The maximum absolute atomic E-state index is 5.31. The average molecular weight is 795 g/mol. The second kappa shape index (κ2) is 44.6. The Kier molecular flexibility index (Phi) is 42.4. The lowest BCUT2D eigenvalue weighted by atomic mass is 9.96. The molecule has 0 unspecified atom stereocenters. The van der Waals surface area contributed by atoms with Gasteiger partial charge in [-0.1, -0.05) is 278 Å². The number of hydrogen-bond donors (Lipinski definition) is 0. The summed E-state index contributed by atoms with van der Waals surface area (Å²) in [6.07, 6.45) is 65.7.